The number of hydrogen-bond donors (Lipinski definition) is 1. The first-order valence-corrected chi connectivity index (χ1v) is 10.8. The number of carbonyl (C=O) groups excluding carboxylic acids is 2. The monoisotopic (exact) mass is 468 g/mol. The minimum Gasteiger partial charge on any atom is -0.494 e. The Bertz CT molecular complexity index is 1120. The molecule has 180 valence electrons. The molecule has 9 nitrogen and oxygen atoms in total. The van der Waals surface area contributed by atoms with E-state index in [4.69, 9.17) is 23.5 Å². The molecule has 34 heavy (non-hydrogen) atoms. The molecule has 0 radical (unpaired) electrons. The Morgan fingerprint density at radius 1 is 1.06 bits per heavy atom. The molecule has 2 aromatic carbocycles. The number of nitrogens with one attached hydrogen (secondary N) is 1. The number of benzene rings is 2. The second-order valence-corrected chi connectivity index (χ2v) is 7.45. The first-order valence-electron chi connectivity index (χ1n) is 10.8. The summed E-state index contributed by atoms with van der Waals surface area (Å²) in [5.41, 5.74) is 2.38. The van der Waals surface area contributed by atoms with Crippen molar-refractivity contribution in [1.29, 1.82) is 0 Å². The van der Waals surface area contributed by atoms with Crippen LogP contribution in [0.3, 0.4) is 0 Å². The van der Waals surface area contributed by atoms with Gasteiger partial charge in [0.05, 0.1) is 30.5 Å². The quantitative estimate of drug-likeness (QED) is 0.434. The average Bonchev–Trinajstić information content (AvgIpc) is 3.15. The van der Waals surface area contributed by atoms with Crippen LogP contribution in [0.1, 0.15) is 41.2 Å². The van der Waals surface area contributed by atoms with Crippen LogP contribution in [0.25, 0.3) is 0 Å². The molecule has 1 N–H and O–H groups in total. The molecular weight excluding hydrogens is 440 g/mol. The summed E-state index contributed by atoms with van der Waals surface area (Å²) >= 11 is 0. The lowest BCUT2D eigenvalue weighted by Crippen LogP contribution is -2.30. The molecule has 9 heteroatoms. The van der Waals surface area contributed by atoms with Crippen LogP contribution in [0.15, 0.2) is 47.0 Å². The van der Waals surface area contributed by atoms with Crippen LogP contribution in [0.2, 0.25) is 0 Å². The number of carbonyl (C=O) groups is 2. The number of aryl methyl sites for hydroxylation is 2. The fourth-order valence-corrected chi connectivity index (χ4v) is 3.10. The first-order chi connectivity index (χ1) is 16.3. The van der Waals surface area contributed by atoms with Crippen molar-refractivity contribution in [3.8, 4) is 17.2 Å². The molecule has 0 fully saturated rings. The predicted octanol–water partition coefficient (Wildman–Crippen LogP) is 4.46. The van der Waals surface area contributed by atoms with Crippen LogP contribution in [0.4, 0.5) is 5.69 Å². The Hall–Kier alpha value is -4.01. The van der Waals surface area contributed by atoms with E-state index in [-0.39, 0.29) is 12.2 Å². The second-order valence-electron chi connectivity index (χ2n) is 7.45. The van der Waals surface area contributed by atoms with E-state index in [0.717, 1.165) is 11.3 Å². The van der Waals surface area contributed by atoms with Gasteiger partial charge in [-0.1, -0.05) is 5.16 Å². The van der Waals surface area contributed by atoms with Gasteiger partial charge >= 0.3 is 5.97 Å². The van der Waals surface area contributed by atoms with E-state index in [0.29, 0.717) is 35.3 Å². The van der Waals surface area contributed by atoms with Crippen LogP contribution in [0, 0.1) is 13.8 Å². The van der Waals surface area contributed by atoms with Gasteiger partial charge in [0.15, 0.2) is 17.6 Å². The molecule has 0 aliphatic heterocycles. The van der Waals surface area contributed by atoms with Gasteiger partial charge in [0.25, 0.3) is 5.91 Å². The molecule has 0 saturated carbocycles. The number of amides is 1. The molecule has 0 saturated heterocycles. The number of hydrogen-bond acceptors (Lipinski definition) is 8. The molecule has 1 aromatic heterocycles. The lowest BCUT2D eigenvalue weighted by atomic mass is 10.2. The summed E-state index contributed by atoms with van der Waals surface area (Å²) < 4.78 is 27.0. The smallest absolute Gasteiger partial charge is 0.339 e. The highest BCUT2D eigenvalue weighted by molar-refractivity contribution is 5.97. The van der Waals surface area contributed by atoms with Crippen LogP contribution in [0.5, 0.6) is 17.2 Å². The third-order valence-corrected chi connectivity index (χ3v) is 5.04. The topological polar surface area (TPSA) is 109 Å². The molecule has 3 rings (SSSR count). The molecule has 1 atom stereocenters. The van der Waals surface area contributed by atoms with Crippen molar-refractivity contribution in [3.63, 3.8) is 0 Å². The van der Waals surface area contributed by atoms with E-state index in [1.165, 1.54) is 20.1 Å². The molecule has 1 heterocycles. The Morgan fingerprint density at radius 2 is 1.79 bits per heavy atom. The molecule has 1 unspecified atom stereocenters. The SMILES string of the molecule is CCOc1ccc(NC(=O)C(C)OC(=O)c2ccc(OCc3c(C)noc3C)c(OC)c2)cc1. The van der Waals surface area contributed by atoms with Crippen LogP contribution in [-0.4, -0.2) is 36.9 Å². The number of anilines is 1. The van der Waals surface area contributed by atoms with E-state index in [2.05, 4.69) is 10.5 Å². The summed E-state index contributed by atoms with van der Waals surface area (Å²) in [7, 11) is 1.47. The van der Waals surface area contributed by atoms with Crippen LogP contribution < -0.4 is 19.5 Å². The number of esters is 1. The fraction of sp³-hybridized carbons (Fsp3) is 0.320. The molecule has 0 aliphatic rings. The Balaban J connectivity index is 1.60. The summed E-state index contributed by atoms with van der Waals surface area (Å²) in [5.74, 6) is 1.06. The van der Waals surface area contributed by atoms with E-state index in [1.807, 2.05) is 20.8 Å². The molecule has 1 amide bonds. The van der Waals surface area contributed by atoms with Crippen LogP contribution in [-0.2, 0) is 16.1 Å². The van der Waals surface area contributed by atoms with Gasteiger partial charge in [0, 0.05) is 5.69 Å². The van der Waals surface area contributed by atoms with Crippen molar-refractivity contribution in [3.05, 3.63) is 65.0 Å². The van der Waals surface area contributed by atoms with Crippen molar-refractivity contribution >= 4 is 17.6 Å². The average molecular weight is 469 g/mol. The highest BCUT2D eigenvalue weighted by atomic mass is 16.5. The zero-order chi connectivity index (χ0) is 24.7. The van der Waals surface area contributed by atoms with E-state index in [1.54, 1.807) is 36.4 Å². The standard InChI is InChI=1S/C25H28N2O7/c1-6-31-20-10-8-19(9-11-20)26-24(28)17(4)33-25(29)18-7-12-22(23(13-18)30-5)32-14-21-15(2)27-34-16(21)3/h7-13,17H,6,14H2,1-5H3,(H,26,28). The van der Waals surface area contributed by atoms with Crippen molar-refractivity contribution < 1.29 is 33.1 Å². The minimum absolute atomic E-state index is 0.224. The van der Waals surface area contributed by atoms with Gasteiger partial charge in [0.1, 0.15) is 18.1 Å². The van der Waals surface area contributed by atoms with E-state index >= 15 is 0 Å². The second kappa shape index (κ2) is 11.2. The highest BCUT2D eigenvalue weighted by Crippen LogP contribution is 2.30. The highest BCUT2D eigenvalue weighted by Gasteiger charge is 2.21. The maximum Gasteiger partial charge on any atom is 0.339 e. The predicted molar refractivity (Wildman–Crippen MR) is 124 cm³/mol. The maximum absolute atomic E-state index is 12.6. The van der Waals surface area contributed by atoms with Gasteiger partial charge in [-0.25, -0.2) is 4.79 Å². The van der Waals surface area contributed by atoms with Gasteiger partial charge in [0.2, 0.25) is 0 Å². The number of methoxy groups -OCH3 is 1. The minimum atomic E-state index is -1.01. The molecule has 0 aliphatic carbocycles. The molecule has 0 bridgehead atoms. The van der Waals surface area contributed by atoms with Gasteiger partial charge in [-0.15, -0.1) is 0 Å². The lowest BCUT2D eigenvalue weighted by molar-refractivity contribution is -0.123. The molecule has 0 spiro atoms. The summed E-state index contributed by atoms with van der Waals surface area (Å²) in [6.07, 6.45) is -1.01. The summed E-state index contributed by atoms with van der Waals surface area (Å²) in [6, 6.07) is 11.6. The zero-order valence-electron chi connectivity index (χ0n) is 19.8. The Kier molecular flexibility index (Phi) is 8.13. The van der Waals surface area contributed by atoms with Crippen LogP contribution >= 0.6 is 0 Å². The molecular formula is C25H28N2O7. The largest absolute Gasteiger partial charge is 0.494 e. The Morgan fingerprint density at radius 3 is 2.41 bits per heavy atom. The first kappa shape index (κ1) is 24.6. The third kappa shape index (κ3) is 6.06. The van der Waals surface area contributed by atoms with Gasteiger partial charge in [-0.3, -0.25) is 4.79 Å². The normalized spacial score (nSPS) is 11.4. The van der Waals surface area contributed by atoms with Crippen molar-refractivity contribution in [2.45, 2.75) is 40.4 Å². The van der Waals surface area contributed by atoms with Crippen molar-refractivity contribution in [2.75, 3.05) is 19.0 Å². The number of nitrogens with zero attached hydrogens (tertiary/aromatic N) is 1. The number of rotatable bonds is 10. The van der Waals surface area contributed by atoms with Gasteiger partial charge < -0.3 is 28.8 Å². The summed E-state index contributed by atoms with van der Waals surface area (Å²) in [4.78, 5) is 25.0. The third-order valence-electron chi connectivity index (χ3n) is 5.04. The Labute approximate surface area is 197 Å². The van der Waals surface area contributed by atoms with Crippen molar-refractivity contribution in [2.24, 2.45) is 0 Å². The fourth-order valence-electron chi connectivity index (χ4n) is 3.10. The van der Waals surface area contributed by atoms with Gasteiger partial charge in [-0.05, 0) is 70.2 Å². The van der Waals surface area contributed by atoms with Crippen molar-refractivity contribution in [1.82, 2.24) is 5.16 Å². The summed E-state index contributed by atoms with van der Waals surface area (Å²) in [6.45, 7) is 7.82. The molecule has 3 aromatic rings. The maximum atomic E-state index is 12.6. The number of aromatic nitrogens is 1. The lowest BCUT2D eigenvalue weighted by Gasteiger charge is -2.15. The van der Waals surface area contributed by atoms with E-state index in [9.17, 15) is 9.59 Å². The summed E-state index contributed by atoms with van der Waals surface area (Å²) in [5, 5.41) is 6.61. The number of ether oxygens (including phenoxy) is 4. The zero-order valence-corrected chi connectivity index (χ0v) is 19.8. The van der Waals surface area contributed by atoms with E-state index < -0.39 is 18.0 Å². The van der Waals surface area contributed by atoms with Gasteiger partial charge in [-0.2, -0.15) is 0 Å².